The van der Waals surface area contributed by atoms with E-state index in [0.717, 1.165) is 18.9 Å². The van der Waals surface area contributed by atoms with Gasteiger partial charge in [0.1, 0.15) is 17.4 Å². The maximum absolute atomic E-state index is 13.3. The van der Waals surface area contributed by atoms with E-state index in [9.17, 15) is 13.9 Å². The molecule has 0 radical (unpaired) electrons. The first kappa shape index (κ1) is 12.0. The molecule has 3 rings (SSSR count). The van der Waals surface area contributed by atoms with Crippen molar-refractivity contribution in [1.29, 1.82) is 0 Å². The van der Waals surface area contributed by atoms with Gasteiger partial charge in [-0.3, -0.25) is 0 Å². The summed E-state index contributed by atoms with van der Waals surface area (Å²) < 4.78 is 32.0. The lowest BCUT2D eigenvalue weighted by molar-refractivity contribution is 0.446. The Morgan fingerprint density at radius 2 is 1.84 bits per heavy atom. The van der Waals surface area contributed by atoms with Crippen LogP contribution in [0.4, 0.5) is 14.7 Å². The molecule has 2 aromatic rings. The quantitative estimate of drug-likeness (QED) is 0.887. The highest BCUT2D eigenvalue weighted by molar-refractivity contribution is 5.81. The Morgan fingerprint density at radius 1 is 1.21 bits per heavy atom. The number of rotatable bonds is 3. The molecule has 1 aromatic heterocycles. The molecule has 1 saturated carbocycles. The van der Waals surface area contributed by atoms with Gasteiger partial charge in [-0.05, 0) is 37.5 Å². The zero-order valence-corrected chi connectivity index (χ0v) is 10.3. The number of aryl methyl sites for hydroxylation is 1. The van der Waals surface area contributed by atoms with Gasteiger partial charge in [-0.1, -0.05) is 0 Å². The first-order valence-electron chi connectivity index (χ1n) is 6.10. The molecule has 19 heavy (non-hydrogen) atoms. The molecule has 0 unspecified atom stereocenters. The summed E-state index contributed by atoms with van der Waals surface area (Å²) in [5.74, 6) is -0.783. The van der Waals surface area contributed by atoms with Gasteiger partial charge in [0.25, 0.3) is 0 Å². The second kappa shape index (κ2) is 4.26. The number of anilines is 1. The van der Waals surface area contributed by atoms with E-state index in [2.05, 4.69) is 5.32 Å². The van der Waals surface area contributed by atoms with Gasteiger partial charge in [-0.15, -0.1) is 0 Å². The van der Waals surface area contributed by atoms with E-state index < -0.39 is 11.6 Å². The molecule has 0 bridgehead atoms. The van der Waals surface area contributed by atoms with E-state index in [1.807, 2.05) is 0 Å². The van der Waals surface area contributed by atoms with Gasteiger partial charge in [-0.25, -0.2) is 8.78 Å². The van der Waals surface area contributed by atoms with Crippen LogP contribution in [0, 0.1) is 18.6 Å². The molecule has 1 fully saturated rings. The van der Waals surface area contributed by atoms with E-state index >= 15 is 0 Å². The minimum Gasteiger partial charge on any atom is -0.504 e. The van der Waals surface area contributed by atoms with E-state index in [0.29, 0.717) is 23.2 Å². The summed E-state index contributed by atoms with van der Waals surface area (Å²) in [5.41, 5.74) is 0.567. The zero-order valence-electron chi connectivity index (χ0n) is 10.3. The molecule has 2 N–H and O–H groups in total. The molecule has 0 aliphatic heterocycles. The molecule has 3 nitrogen and oxygen atoms in total. The van der Waals surface area contributed by atoms with Crippen molar-refractivity contribution >= 4 is 5.88 Å². The third-order valence-corrected chi connectivity index (χ3v) is 3.12. The zero-order chi connectivity index (χ0) is 13.6. The van der Waals surface area contributed by atoms with Crippen LogP contribution in [0.5, 0.6) is 5.75 Å². The van der Waals surface area contributed by atoms with Crippen LogP contribution in [0.3, 0.4) is 0 Å². The highest BCUT2D eigenvalue weighted by Crippen LogP contribution is 2.43. The minimum absolute atomic E-state index is 0.0897. The minimum atomic E-state index is -0.689. The Balaban J connectivity index is 2.11. The van der Waals surface area contributed by atoms with Crippen LogP contribution in [0.2, 0.25) is 0 Å². The Bertz CT molecular complexity index is 612. The predicted octanol–water partition coefficient (Wildman–Crippen LogP) is 3.81. The molecule has 0 atom stereocenters. The molecule has 1 aliphatic rings. The third-order valence-electron chi connectivity index (χ3n) is 3.12. The topological polar surface area (TPSA) is 45.4 Å². The number of benzene rings is 1. The van der Waals surface area contributed by atoms with E-state index in [1.54, 1.807) is 6.92 Å². The second-order valence-corrected chi connectivity index (χ2v) is 4.79. The summed E-state index contributed by atoms with van der Waals surface area (Å²) in [6, 6.07) is 3.44. The lowest BCUT2D eigenvalue weighted by Gasteiger charge is -2.05. The summed E-state index contributed by atoms with van der Waals surface area (Å²) in [5, 5.41) is 13.1. The van der Waals surface area contributed by atoms with Crippen molar-refractivity contribution in [3.8, 4) is 16.9 Å². The maximum Gasteiger partial charge on any atom is 0.205 e. The molecular weight excluding hydrogens is 252 g/mol. The summed E-state index contributed by atoms with van der Waals surface area (Å²) in [6.07, 6.45) is 2.05. The fraction of sp³-hybridized carbons (Fsp3) is 0.286. The van der Waals surface area contributed by atoms with Crippen LogP contribution in [0.1, 0.15) is 18.6 Å². The Morgan fingerprint density at radius 3 is 2.42 bits per heavy atom. The maximum atomic E-state index is 13.3. The van der Waals surface area contributed by atoms with Crippen molar-refractivity contribution in [2.24, 2.45) is 0 Å². The van der Waals surface area contributed by atoms with Crippen LogP contribution in [-0.2, 0) is 0 Å². The second-order valence-electron chi connectivity index (χ2n) is 4.79. The molecule has 1 heterocycles. The van der Waals surface area contributed by atoms with Crippen molar-refractivity contribution in [3.05, 3.63) is 35.6 Å². The Hall–Kier alpha value is -2.04. The van der Waals surface area contributed by atoms with Crippen molar-refractivity contribution < 1.29 is 18.3 Å². The van der Waals surface area contributed by atoms with Crippen LogP contribution in [0.25, 0.3) is 11.1 Å². The van der Waals surface area contributed by atoms with Crippen molar-refractivity contribution in [2.45, 2.75) is 25.8 Å². The van der Waals surface area contributed by atoms with E-state index in [1.165, 1.54) is 12.1 Å². The largest absolute Gasteiger partial charge is 0.504 e. The predicted molar refractivity (Wildman–Crippen MR) is 67.1 cm³/mol. The van der Waals surface area contributed by atoms with E-state index in [-0.39, 0.29) is 11.3 Å². The normalized spacial score (nSPS) is 14.7. The first-order chi connectivity index (χ1) is 9.04. The number of halogens is 2. The van der Waals surface area contributed by atoms with Crippen LogP contribution < -0.4 is 5.32 Å². The smallest absolute Gasteiger partial charge is 0.205 e. The monoisotopic (exact) mass is 265 g/mol. The molecule has 1 aliphatic carbocycles. The molecule has 0 saturated heterocycles. The number of hydrogen-bond donors (Lipinski definition) is 2. The summed E-state index contributed by atoms with van der Waals surface area (Å²) in [7, 11) is 0. The van der Waals surface area contributed by atoms with Crippen LogP contribution in [-0.4, -0.2) is 11.1 Å². The van der Waals surface area contributed by atoms with Gasteiger partial charge in [-0.2, -0.15) is 0 Å². The number of nitrogens with one attached hydrogen (secondary N) is 1. The van der Waals surface area contributed by atoms with Crippen molar-refractivity contribution in [2.75, 3.05) is 5.32 Å². The molecule has 0 spiro atoms. The van der Waals surface area contributed by atoms with E-state index in [4.69, 9.17) is 4.42 Å². The van der Waals surface area contributed by atoms with Crippen LogP contribution >= 0.6 is 0 Å². The third kappa shape index (κ3) is 2.28. The molecule has 100 valence electrons. The molecule has 0 amide bonds. The summed E-state index contributed by atoms with van der Waals surface area (Å²) >= 11 is 0. The SMILES string of the molecule is Cc1oc(NC2CC2)c(-c2cc(F)cc(F)c2)c1O. The van der Waals surface area contributed by atoms with Crippen LogP contribution in [0.15, 0.2) is 22.6 Å². The lowest BCUT2D eigenvalue weighted by Crippen LogP contribution is -2.00. The Kier molecular flexibility index (Phi) is 2.69. The van der Waals surface area contributed by atoms with Gasteiger partial charge in [0, 0.05) is 12.1 Å². The van der Waals surface area contributed by atoms with Gasteiger partial charge >= 0.3 is 0 Å². The number of furan rings is 1. The molecular formula is C14H13F2NO2. The summed E-state index contributed by atoms with van der Waals surface area (Å²) in [4.78, 5) is 0. The average molecular weight is 265 g/mol. The van der Waals surface area contributed by atoms with Gasteiger partial charge < -0.3 is 14.8 Å². The number of hydrogen-bond acceptors (Lipinski definition) is 3. The molecule has 1 aromatic carbocycles. The number of aromatic hydroxyl groups is 1. The van der Waals surface area contributed by atoms with Gasteiger partial charge in [0.2, 0.25) is 5.88 Å². The standard InChI is InChI=1S/C14H13F2NO2/c1-7-13(18)12(14(19-7)17-11-2-3-11)8-4-9(15)6-10(16)5-8/h4-6,11,17-18H,2-3H2,1H3. The van der Waals surface area contributed by atoms with Crippen molar-refractivity contribution in [1.82, 2.24) is 0 Å². The lowest BCUT2D eigenvalue weighted by atomic mass is 10.1. The molecule has 5 heteroatoms. The van der Waals surface area contributed by atoms with Gasteiger partial charge in [0.15, 0.2) is 5.75 Å². The fourth-order valence-corrected chi connectivity index (χ4v) is 2.02. The first-order valence-corrected chi connectivity index (χ1v) is 6.10. The highest BCUT2D eigenvalue weighted by atomic mass is 19.1. The average Bonchev–Trinajstić information content (AvgIpc) is 3.06. The van der Waals surface area contributed by atoms with Gasteiger partial charge in [0.05, 0.1) is 5.56 Å². The summed E-state index contributed by atoms with van der Waals surface area (Å²) in [6.45, 7) is 1.60. The fourth-order valence-electron chi connectivity index (χ4n) is 2.02. The van der Waals surface area contributed by atoms with Crippen molar-refractivity contribution in [3.63, 3.8) is 0 Å². The highest BCUT2D eigenvalue weighted by Gasteiger charge is 2.27. The Labute approximate surface area is 108 Å².